The Morgan fingerprint density at radius 2 is 1.20 bits per heavy atom. The molecule has 2 heterocycles. The molecule has 0 atom stereocenters. The van der Waals surface area contributed by atoms with Gasteiger partial charge in [-0.1, -0.05) is 24.3 Å². The van der Waals surface area contributed by atoms with Crippen LogP contribution in [0.25, 0.3) is 20.4 Å². The predicted octanol–water partition coefficient (Wildman–Crippen LogP) is 4.07. The molecule has 0 saturated carbocycles. The van der Waals surface area contributed by atoms with Gasteiger partial charge in [0.15, 0.2) is 8.68 Å². The van der Waals surface area contributed by atoms with Gasteiger partial charge in [-0.3, -0.25) is 0 Å². The Hall–Kier alpha value is -1.63. The Morgan fingerprint density at radius 1 is 0.750 bits per heavy atom. The van der Waals surface area contributed by atoms with Gasteiger partial charge in [0.25, 0.3) is 0 Å². The summed E-state index contributed by atoms with van der Waals surface area (Å²) in [5.41, 5.74) is 1.78. The summed E-state index contributed by atoms with van der Waals surface area (Å²) < 4.78 is 15.9. The maximum absolute atomic E-state index is 12.6. The smallest absolute Gasteiger partial charge is 0.189 e. The van der Waals surface area contributed by atoms with Crippen molar-refractivity contribution in [1.29, 1.82) is 0 Å². The zero-order valence-corrected chi connectivity index (χ0v) is 12.6. The lowest BCUT2D eigenvalue weighted by Gasteiger charge is -1.89. The van der Waals surface area contributed by atoms with Crippen LogP contribution in [0.4, 0.5) is 0 Å². The summed E-state index contributed by atoms with van der Waals surface area (Å²) in [5.74, 6) is 0. The van der Waals surface area contributed by atoms with E-state index in [-0.39, 0.29) is 0 Å². The molecule has 0 fully saturated rings. The number of aromatic nitrogens is 2. The first kappa shape index (κ1) is 12.1. The molecule has 20 heavy (non-hydrogen) atoms. The van der Waals surface area contributed by atoms with E-state index in [1.165, 1.54) is 22.7 Å². The summed E-state index contributed by atoms with van der Waals surface area (Å²) in [6.45, 7) is 0. The Bertz CT molecular complexity index is 800. The third kappa shape index (κ3) is 1.96. The fourth-order valence-electron chi connectivity index (χ4n) is 1.94. The first-order chi connectivity index (χ1) is 9.81. The molecule has 98 valence electrons. The minimum absolute atomic E-state index is 0.616. The molecule has 0 aliphatic carbocycles. The van der Waals surface area contributed by atoms with E-state index in [9.17, 15) is 4.21 Å². The lowest BCUT2D eigenvalue weighted by Crippen LogP contribution is -1.90. The van der Waals surface area contributed by atoms with Crippen molar-refractivity contribution in [3.05, 3.63) is 48.5 Å². The molecule has 3 nitrogen and oxygen atoms in total. The summed E-state index contributed by atoms with van der Waals surface area (Å²) in [6.07, 6.45) is 0. The van der Waals surface area contributed by atoms with Crippen LogP contribution < -0.4 is 0 Å². The summed E-state index contributed by atoms with van der Waals surface area (Å²) in [7, 11) is -1.30. The van der Waals surface area contributed by atoms with Crippen molar-refractivity contribution in [2.45, 2.75) is 8.68 Å². The van der Waals surface area contributed by atoms with Crippen LogP contribution in [0.3, 0.4) is 0 Å². The molecule has 0 bridgehead atoms. The number of nitrogens with zero attached hydrogens (tertiary/aromatic N) is 2. The van der Waals surface area contributed by atoms with Crippen LogP contribution in [0.1, 0.15) is 0 Å². The third-order valence-corrected chi connectivity index (χ3v) is 6.75. The van der Waals surface area contributed by atoms with Crippen LogP contribution in [0.5, 0.6) is 0 Å². The summed E-state index contributed by atoms with van der Waals surface area (Å²) in [4.78, 5) is 8.89. The predicted molar refractivity (Wildman–Crippen MR) is 83.9 cm³/mol. The van der Waals surface area contributed by atoms with E-state index in [0.29, 0.717) is 8.68 Å². The van der Waals surface area contributed by atoms with Crippen LogP contribution in [-0.2, 0) is 10.8 Å². The highest BCUT2D eigenvalue weighted by Gasteiger charge is 2.16. The van der Waals surface area contributed by atoms with Crippen molar-refractivity contribution >= 4 is 53.9 Å². The van der Waals surface area contributed by atoms with Gasteiger partial charge in [-0.05, 0) is 24.3 Å². The number of hydrogen-bond acceptors (Lipinski definition) is 5. The zero-order chi connectivity index (χ0) is 13.5. The lowest BCUT2D eigenvalue weighted by molar-refractivity contribution is 0.682. The molecule has 4 aromatic rings. The number of benzene rings is 2. The second-order valence-electron chi connectivity index (χ2n) is 4.16. The highest BCUT2D eigenvalue weighted by atomic mass is 32.2. The quantitative estimate of drug-likeness (QED) is 0.560. The first-order valence-electron chi connectivity index (χ1n) is 5.94. The van der Waals surface area contributed by atoms with E-state index >= 15 is 0 Å². The maximum atomic E-state index is 12.6. The Labute approximate surface area is 125 Å². The van der Waals surface area contributed by atoms with Crippen molar-refractivity contribution < 1.29 is 4.21 Å². The van der Waals surface area contributed by atoms with E-state index in [1.54, 1.807) is 0 Å². The summed E-state index contributed by atoms with van der Waals surface area (Å²) in [5, 5.41) is 0. The second-order valence-corrected chi connectivity index (χ2v) is 8.05. The molecule has 0 aliphatic rings. The highest BCUT2D eigenvalue weighted by Crippen LogP contribution is 2.30. The maximum Gasteiger partial charge on any atom is 0.189 e. The molecular weight excluding hydrogens is 308 g/mol. The SMILES string of the molecule is O=S(c1nc2ccccc2s1)c1nc2ccccc2s1. The Morgan fingerprint density at radius 3 is 1.65 bits per heavy atom. The molecule has 0 N–H and O–H groups in total. The number of para-hydroxylation sites is 2. The van der Waals surface area contributed by atoms with Crippen LogP contribution >= 0.6 is 22.7 Å². The molecular formula is C14H8N2OS3. The average Bonchev–Trinajstić information content (AvgIpc) is 3.10. The monoisotopic (exact) mass is 316 g/mol. The fraction of sp³-hybridized carbons (Fsp3) is 0. The van der Waals surface area contributed by atoms with Gasteiger partial charge in [0.1, 0.15) is 10.8 Å². The Balaban J connectivity index is 1.82. The van der Waals surface area contributed by atoms with Crippen LogP contribution in [0.15, 0.2) is 57.2 Å². The molecule has 6 heteroatoms. The average molecular weight is 316 g/mol. The zero-order valence-electron chi connectivity index (χ0n) is 10.1. The summed E-state index contributed by atoms with van der Waals surface area (Å²) in [6, 6.07) is 15.7. The molecule has 4 rings (SSSR count). The number of thiazole rings is 2. The van der Waals surface area contributed by atoms with Gasteiger partial charge in [0, 0.05) is 0 Å². The van der Waals surface area contributed by atoms with E-state index in [1.807, 2.05) is 48.5 Å². The highest BCUT2D eigenvalue weighted by molar-refractivity contribution is 7.89. The standard InChI is InChI=1S/C14H8N2OS3/c17-20(13-15-9-5-1-3-7-11(9)18-13)14-16-10-6-2-4-8-12(10)19-14/h1-8H. The van der Waals surface area contributed by atoms with Gasteiger partial charge < -0.3 is 0 Å². The molecule has 0 saturated heterocycles. The van der Waals surface area contributed by atoms with Crippen LogP contribution in [-0.4, -0.2) is 14.2 Å². The number of rotatable bonds is 2. The number of hydrogen-bond donors (Lipinski definition) is 0. The minimum atomic E-state index is -1.30. The summed E-state index contributed by atoms with van der Waals surface area (Å²) >= 11 is 2.93. The van der Waals surface area contributed by atoms with Gasteiger partial charge in [-0.2, -0.15) is 0 Å². The Kier molecular flexibility index (Phi) is 2.87. The number of fused-ring (bicyclic) bond motifs is 2. The van der Waals surface area contributed by atoms with E-state index in [2.05, 4.69) is 9.97 Å². The van der Waals surface area contributed by atoms with Gasteiger partial charge in [0.05, 0.1) is 20.4 Å². The largest absolute Gasteiger partial charge is 0.244 e. The molecule has 0 unspecified atom stereocenters. The van der Waals surface area contributed by atoms with Gasteiger partial charge in [0.2, 0.25) is 0 Å². The van der Waals surface area contributed by atoms with Crippen LogP contribution in [0, 0.1) is 0 Å². The topological polar surface area (TPSA) is 42.9 Å². The van der Waals surface area contributed by atoms with Crippen molar-refractivity contribution in [2.75, 3.05) is 0 Å². The fourth-order valence-corrected chi connectivity index (χ4v) is 5.62. The lowest BCUT2D eigenvalue weighted by atomic mass is 10.3. The van der Waals surface area contributed by atoms with Crippen molar-refractivity contribution in [1.82, 2.24) is 9.97 Å². The van der Waals surface area contributed by atoms with Crippen molar-refractivity contribution in [3.63, 3.8) is 0 Å². The molecule has 0 radical (unpaired) electrons. The molecule has 2 aromatic heterocycles. The third-order valence-electron chi connectivity index (χ3n) is 2.87. The molecule has 0 amide bonds. The molecule has 2 aromatic carbocycles. The molecule has 0 spiro atoms. The van der Waals surface area contributed by atoms with Crippen molar-refractivity contribution in [2.24, 2.45) is 0 Å². The van der Waals surface area contributed by atoms with Crippen molar-refractivity contribution in [3.8, 4) is 0 Å². The normalized spacial score (nSPS) is 11.7. The first-order valence-corrected chi connectivity index (χ1v) is 8.72. The second kappa shape index (κ2) is 4.73. The minimum Gasteiger partial charge on any atom is -0.244 e. The van der Waals surface area contributed by atoms with Gasteiger partial charge in [-0.25, -0.2) is 14.2 Å². The van der Waals surface area contributed by atoms with Gasteiger partial charge >= 0.3 is 0 Å². The van der Waals surface area contributed by atoms with E-state index < -0.39 is 10.8 Å². The molecule has 0 aliphatic heterocycles. The van der Waals surface area contributed by atoms with Gasteiger partial charge in [-0.15, -0.1) is 22.7 Å². The van der Waals surface area contributed by atoms with Crippen LogP contribution in [0.2, 0.25) is 0 Å². The van der Waals surface area contributed by atoms with E-state index in [0.717, 1.165) is 20.4 Å². The van der Waals surface area contributed by atoms with E-state index in [4.69, 9.17) is 0 Å².